The molecule has 0 amide bonds. The summed E-state index contributed by atoms with van der Waals surface area (Å²) >= 11 is 3.39. The topological polar surface area (TPSA) is 55.1 Å². The summed E-state index contributed by atoms with van der Waals surface area (Å²) in [4.78, 5) is 11.3. The smallest absolute Gasteiger partial charge is 0.357 e. The van der Waals surface area contributed by atoms with E-state index in [1.54, 1.807) is 4.68 Å². The lowest BCUT2D eigenvalue weighted by Gasteiger charge is -2.21. The highest BCUT2D eigenvalue weighted by Gasteiger charge is 2.29. The Morgan fingerprint density at radius 1 is 1.35 bits per heavy atom. The Labute approximate surface area is 126 Å². The molecule has 1 heterocycles. The summed E-state index contributed by atoms with van der Waals surface area (Å²) in [7, 11) is 0. The minimum atomic E-state index is -1.03. The van der Waals surface area contributed by atoms with Gasteiger partial charge in [-0.15, -0.1) is 0 Å². The zero-order valence-electron chi connectivity index (χ0n) is 11.9. The van der Waals surface area contributed by atoms with E-state index in [2.05, 4.69) is 21.0 Å². The number of carboxylic acids is 1. The van der Waals surface area contributed by atoms with Crippen LogP contribution < -0.4 is 0 Å². The molecule has 0 aliphatic rings. The summed E-state index contributed by atoms with van der Waals surface area (Å²) in [6, 6.07) is 7.84. The summed E-state index contributed by atoms with van der Waals surface area (Å²) < 4.78 is 2.25. The highest BCUT2D eigenvalue weighted by molar-refractivity contribution is 9.10. The maximum absolute atomic E-state index is 11.3. The van der Waals surface area contributed by atoms with E-state index in [9.17, 15) is 9.90 Å². The Hall–Kier alpha value is -1.62. The van der Waals surface area contributed by atoms with Gasteiger partial charge >= 0.3 is 5.97 Å². The molecule has 0 atom stereocenters. The first-order valence-electron chi connectivity index (χ1n) is 6.31. The third kappa shape index (κ3) is 2.63. The lowest BCUT2D eigenvalue weighted by molar-refractivity contribution is 0.0689. The number of benzene rings is 1. The molecular formula is C15H17BrN2O2. The predicted molar refractivity (Wildman–Crippen MR) is 81.7 cm³/mol. The number of hydrogen-bond acceptors (Lipinski definition) is 2. The monoisotopic (exact) mass is 336 g/mol. The van der Waals surface area contributed by atoms with Crippen LogP contribution in [0.5, 0.6) is 0 Å². The van der Waals surface area contributed by atoms with Crippen molar-refractivity contribution in [3.8, 4) is 5.69 Å². The van der Waals surface area contributed by atoms with E-state index in [1.165, 1.54) is 0 Å². The fourth-order valence-electron chi connectivity index (χ4n) is 2.13. The third-order valence-corrected chi connectivity index (χ3v) is 3.74. The van der Waals surface area contributed by atoms with Crippen LogP contribution in [0.1, 0.15) is 42.5 Å². The second-order valence-corrected chi connectivity index (χ2v) is 6.61. The number of rotatable bonds is 2. The predicted octanol–water partition coefficient (Wildman–Crippen LogP) is 3.94. The number of aromatic carboxylic acids is 1. The number of carboxylic acid groups (broad SMARTS) is 1. The van der Waals surface area contributed by atoms with Gasteiger partial charge in [-0.3, -0.25) is 0 Å². The maximum Gasteiger partial charge on any atom is 0.357 e. The molecule has 106 valence electrons. The molecule has 0 bridgehead atoms. The number of carbonyl (C=O) groups is 1. The molecule has 1 N–H and O–H groups in total. The van der Waals surface area contributed by atoms with Crippen molar-refractivity contribution < 1.29 is 9.90 Å². The second kappa shape index (κ2) is 5.05. The van der Waals surface area contributed by atoms with Crippen molar-refractivity contribution in [2.75, 3.05) is 0 Å². The van der Waals surface area contributed by atoms with Crippen molar-refractivity contribution in [3.05, 3.63) is 45.7 Å². The molecule has 0 saturated heterocycles. The van der Waals surface area contributed by atoms with E-state index < -0.39 is 5.97 Å². The molecule has 2 rings (SSSR count). The number of aromatic nitrogens is 2. The van der Waals surface area contributed by atoms with Crippen LogP contribution in [0.25, 0.3) is 5.69 Å². The van der Waals surface area contributed by atoms with Crippen LogP contribution >= 0.6 is 15.9 Å². The van der Waals surface area contributed by atoms with Crippen molar-refractivity contribution >= 4 is 21.9 Å². The number of nitrogens with zero attached hydrogens (tertiary/aromatic N) is 2. The van der Waals surface area contributed by atoms with Crippen molar-refractivity contribution in [1.82, 2.24) is 9.78 Å². The maximum atomic E-state index is 11.3. The molecule has 20 heavy (non-hydrogen) atoms. The Morgan fingerprint density at radius 2 is 2.00 bits per heavy atom. The summed E-state index contributed by atoms with van der Waals surface area (Å²) in [6.45, 7) is 8.10. The van der Waals surface area contributed by atoms with E-state index in [0.717, 1.165) is 16.9 Å². The van der Waals surface area contributed by atoms with Gasteiger partial charge in [0, 0.05) is 5.41 Å². The Bertz CT molecular complexity index is 669. The molecule has 1 aromatic carbocycles. The van der Waals surface area contributed by atoms with E-state index >= 15 is 0 Å². The van der Waals surface area contributed by atoms with Crippen LogP contribution in [-0.4, -0.2) is 20.9 Å². The zero-order chi connectivity index (χ0) is 15.1. The van der Waals surface area contributed by atoms with Gasteiger partial charge in [0.15, 0.2) is 5.69 Å². The van der Waals surface area contributed by atoms with Crippen LogP contribution in [0.3, 0.4) is 0 Å². The lowest BCUT2D eigenvalue weighted by Crippen LogP contribution is -2.18. The molecule has 0 fully saturated rings. The fourth-order valence-corrected chi connectivity index (χ4v) is 3.14. The van der Waals surface area contributed by atoms with Crippen molar-refractivity contribution in [2.45, 2.75) is 33.1 Å². The molecular weight excluding hydrogens is 320 g/mol. The molecule has 4 nitrogen and oxygen atoms in total. The number of aryl methyl sites for hydroxylation is 1. The first kappa shape index (κ1) is 14.8. The normalized spacial score (nSPS) is 11.7. The van der Waals surface area contributed by atoms with Gasteiger partial charge in [-0.05, 0) is 40.5 Å². The van der Waals surface area contributed by atoms with Gasteiger partial charge in [-0.2, -0.15) is 5.10 Å². The third-order valence-electron chi connectivity index (χ3n) is 2.99. The van der Waals surface area contributed by atoms with E-state index in [1.807, 2.05) is 52.0 Å². The molecule has 0 unspecified atom stereocenters. The van der Waals surface area contributed by atoms with E-state index in [-0.39, 0.29) is 11.1 Å². The zero-order valence-corrected chi connectivity index (χ0v) is 13.5. The van der Waals surface area contributed by atoms with Gasteiger partial charge in [0.2, 0.25) is 0 Å². The Balaban J connectivity index is 2.75. The number of halogens is 1. The Kier molecular flexibility index (Phi) is 3.73. The summed E-state index contributed by atoms with van der Waals surface area (Å²) in [5.74, 6) is -1.03. The van der Waals surface area contributed by atoms with Crippen LogP contribution in [0.2, 0.25) is 0 Å². The molecule has 0 aliphatic carbocycles. The quantitative estimate of drug-likeness (QED) is 0.903. The molecule has 0 aliphatic heterocycles. The first-order chi connectivity index (χ1) is 9.21. The van der Waals surface area contributed by atoms with Gasteiger partial charge in [0.05, 0.1) is 15.9 Å². The van der Waals surface area contributed by atoms with Gasteiger partial charge in [-0.1, -0.05) is 32.9 Å². The van der Waals surface area contributed by atoms with Gasteiger partial charge < -0.3 is 5.11 Å². The van der Waals surface area contributed by atoms with Crippen molar-refractivity contribution in [2.24, 2.45) is 0 Å². The Morgan fingerprint density at radius 3 is 2.50 bits per heavy atom. The van der Waals surface area contributed by atoms with Crippen LogP contribution in [0, 0.1) is 6.92 Å². The van der Waals surface area contributed by atoms with Crippen molar-refractivity contribution in [3.63, 3.8) is 0 Å². The SMILES string of the molecule is Cc1cccc(-n2nc(C(=O)O)c(Br)c2C(C)(C)C)c1. The van der Waals surface area contributed by atoms with Crippen molar-refractivity contribution in [1.29, 1.82) is 0 Å². The van der Waals surface area contributed by atoms with Crippen LogP contribution in [0.15, 0.2) is 28.7 Å². The molecule has 2 aromatic rings. The first-order valence-corrected chi connectivity index (χ1v) is 7.10. The number of hydrogen-bond donors (Lipinski definition) is 1. The van der Waals surface area contributed by atoms with Crippen LogP contribution in [0.4, 0.5) is 0 Å². The molecule has 0 spiro atoms. The summed E-state index contributed by atoms with van der Waals surface area (Å²) in [5, 5.41) is 13.5. The fraction of sp³-hybridized carbons (Fsp3) is 0.333. The van der Waals surface area contributed by atoms with Gasteiger partial charge in [0.25, 0.3) is 0 Å². The van der Waals surface area contributed by atoms with E-state index in [4.69, 9.17) is 0 Å². The summed E-state index contributed by atoms with van der Waals surface area (Å²) in [6.07, 6.45) is 0. The highest BCUT2D eigenvalue weighted by atomic mass is 79.9. The largest absolute Gasteiger partial charge is 0.476 e. The molecule has 0 saturated carbocycles. The van der Waals surface area contributed by atoms with Gasteiger partial charge in [-0.25, -0.2) is 9.48 Å². The van der Waals surface area contributed by atoms with Gasteiger partial charge in [0.1, 0.15) is 0 Å². The molecule has 5 heteroatoms. The van der Waals surface area contributed by atoms with E-state index in [0.29, 0.717) is 4.47 Å². The lowest BCUT2D eigenvalue weighted by atomic mass is 9.91. The second-order valence-electron chi connectivity index (χ2n) is 5.82. The standard InChI is InChI=1S/C15H17BrN2O2/c1-9-6-5-7-10(8-9)18-13(15(2,3)4)11(16)12(17-18)14(19)20/h5-8H,1-4H3,(H,19,20). The average molecular weight is 337 g/mol. The minimum Gasteiger partial charge on any atom is -0.476 e. The molecule has 1 aromatic heterocycles. The average Bonchev–Trinajstić information content (AvgIpc) is 2.66. The molecule has 0 radical (unpaired) electrons. The summed E-state index contributed by atoms with van der Waals surface area (Å²) in [5.41, 5.74) is 2.62. The van der Waals surface area contributed by atoms with Crippen LogP contribution in [-0.2, 0) is 5.41 Å². The minimum absolute atomic E-state index is 0.0384. The highest BCUT2D eigenvalue weighted by Crippen LogP contribution is 2.34.